The van der Waals surface area contributed by atoms with Crippen LogP contribution in [0, 0.1) is 0 Å². The standard InChI is InChI=1S/C31H26O14/c1-42-22-8-13-14(33)9-21-24(29(13)43-28(22)10-2-16(35)26(39)17(36)3-10)25-23-15(34)6-12(32)7-20(23)44-31(45-21,30(25)41)11-4-18(37)27(40)19(38)5-11/h2-7,9,22,25,28,30,32-41H,8H2,1H3/t22-,25-,28-,30-,31+/m1/s1. The Morgan fingerprint density at radius 1 is 0.689 bits per heavy atom. The van der Waals surface area contributed by atoms with Crippen LogP contribution in [0.3, 0.4) is 0 Å². The maximum atomic E-state index is 12.0. The molecule has 0 spiro atoms. The average Bonchev–Trinajstić information content (AvgIpc) is 2.98. The molecule has 3 aliphatic heterocycles. The number of benzene rings is 4. The first-order valence-electron chi connectivity index (χ1n) is 13.5. The smallest absolute Gasteiger partial charge is 0.305 e. The van der Waals surface area contributed by atoms with Crippen LogP contribution in [0.1, 0.15) is 39.8 Å². The van der Waals surface area contributed by atoms with Crippen molar-refractivity contribution in [2.75, 3.05) is 7.11 Å². The highest BCUT2D eigenvalue weighted by molar-refractivity contribution is 5.68. The molecule has 7 rings (SSSR count). The predicted octanol–water partition coefficient (Wildman–Crippen LogP) is 2.86. The van der Waals surface area contributed by atoms with Crippen molar-refractivity contribution in [3.63, 3.8) is 0 Å². The molecule has 5 atom stereocenters. The number of rotatable bonds is 3. The lowest BCUT2D eigenvalue weighted by Crippen LogP contribution is -2.57. The Morgan fingerprint density at radius 3 is 1.87 bits per heavy atom. The van der Waals surface area contributed by atoms with Crippen molar-refractivity contribution in [3.8, 4) is 69.0 Å². The Morgan fingerprint density at radius 2 is 1.27 bits per heavy atom. The maximum Gasteiger partial charge on any atom is 0.305 e. The molecule has 234 valence electrons. The zero-order valence-corrected chi connectivity index (χ0v) is 23.2. The van der Waals surface area contributed by atoms with E-state index in [4.69, 9.17) is 18.9 Å². The topological polar surface area (TPSA) is 239 Å². The average molecular weight is 623 g/mol. The molecule has 0 amide bonds. The molecule has 45 heavy (non-hydrogen) atoms. The van der Waals surface area contributed by atoms with Gasteiger partial charge in [0.1, 0.15) is 46.7 Å². The van der Waals surface area contributed by atoms with Gasteiger partial charge in [0, 0.05) is 59.5 Å². The summed E-state index contributed by atoms with van der Waals surface area (Å²) in [7, 11) is 1.39. The van der Waals surface area contributed by atoms with Crippen LogP contribution in [0.25, 0.3) is 0 Å². The molecule has 0 fully saturated rings. The molecule has 4 aromatic rings. The summed E-state index contributed by atoms with van der Waals surface area (Å²) >= 11 is 0. The van der Waals surface area contributed by atoms with Crippen molar-refractivity contribution in [2.45, 2.75) is 36.4 Å². The minimum atomic E-state index is -2.27. The van der Waals surface area contributed by atoms with Crippen LogP contribution in [0.4, 0.5) is 0 Å². The highest BCUT2D eigenvalue weighted by atomic mass is 16.7. The summed E-state index contributed by atoms with van der Waals surface area (Å²) in [5, 5.41) is 105. The molecular formula is C31H26O14. The zero-order chi connectivity index (χ0) is 32.1. The van der Waals surface area contributed by atoms with Gasteiger partial charge in [0.05, 0.1) is 5.92 Å². The molecule has 0 radical (unpaired) electrons. The summed E-state index contributed by atoms with van der Waals surface area (Å²) in [5.41, 5.74) is 0.403. The second kappa shape index (κ2) is 9.45. The first kappa shape index (κ1) is 28.2. The summed E-state index contributed by atoms with van der Waals surface area (Å²) in [4.78, 5) is 0. The van der Waals surface area contributed by atoms with Gasteiger partial charge < -0.3 is 70.0 Å². The summed E-state index contributed by atoms with van der Waals surface area (Å²) in [6.45, 7) is 0. The van der Waals surface area contributed by atoms with Gasteiger partial charge in [0.15, 0.2) is 40.6 Å². The largest absolute Gasteiger partial charge is 0.508 e. The number of aromatic hydroxyl groups is 9. The van der Waals surface area contributed by atoms with E-state index in [1.165, 1.54) is 25.3 Å². The van der Waals surface area contributed by atoms with E-state index < -0.39 is 76.0 Å². The molecule has 4 aromatic carbocycles. The van der Waals surface area contributed by atoms with Gasteiger partial charge >= 0.3 is 5.79 Å². The highest BCUT2D eigenvalue weighted by Gasteiger charge is 2.60. The molecular weight excluding hydrogens is 596 g/mol. The lowest BCUT2D eigenvalue weighted by atomic mass is 9.74. The zero-order valence-electron chi connectivity index (χ0n) is 23.2. The van der Waals surface area contributed by atoms with Crippen molar-refractivity contribution in [3.05, 3.63) is 70.3 Å². The van der Waals surface area contributed by atoms with E-state index in [2.05, 4.69) is 0 Å². The van der Waals surface area contributed by atoms with Crippen molar-refractivity contribution in [2.24, 2.45) is 0 Å². The third-order valence-electron chi connectivity index (χ3n) is 8.50. The first-order chi connectivity index (χ1) is 21.3. The van der Waals surface area contributed by atoms with Gasteiger partial charge in [-0.3, -0.25) is 0 Å². The molecule has 3 aliphatic rings. The molecule has 10 N–H and O–H groups in total. The summed E-state index contributed by atoms with van der Waals surface area (Å²) in [6.07, 6.45) is -3.56. The number of aliphatic hydroxyl groups excluding tert-OH is 1. The molecule has 3 heterocycles. The van der Waals surface area contributed by atoms with Crippen molar-refractivity contribution in [1.82, 2.24) is 0 Å². The van der Waals surface area contributed by atoms with Crippen LogP contribution in [-0.4, -0.2) is 70.4 Å². The number of hydrogen-bond donors (Lipinski definition) is 10. The molecule has 14 nitrogen and oxygen atoms in total. The molecule has 0 saturated heterocycles. The number of phenolic OH excluding ortho intramolecular Hbond substituents is 9. The second-order valence-corrected chi connectivity index (χ2v) is 11.1. The molecule has 2 bridgehead atoms. The van der Waals surface area contributed by atoms with E-state index in [0.717, 1.165) is 24.3 Å². The van der Waals surface area contributed by atoms with Crippen LogP contribution < -0.4 is 14.2 Å². The fourth-order valence-corrected chi connectivity index (χ4v) is 6.42. The predicted molar refractivity (Wildman–Crippen MR) is 149 cm³/mol. The van der Waals surface area contributed by atoms with E-state index in [9.17, 15) is 51.1 Å². The van der Waals surface area contributed by atoms with Gasteiger partial charge in [0.2, 0.25) is 0 Å². The Bertz CT molecular complexity index is 1860. The van der Waals surface area contributed by atoms with Crippen LogP contribution in [0.15, 0.2) is 42.5 Å². The monoisotopic (exact) mass is 622 g/mol. The quantitative estimate of drug-likeness (QED) is 0.148. The van der Waals surface area contributed by atoms with Crippen LogP contribution in [-0.2, 0) is 16.9 Å². The fraction of sp³-hybridized carbons (Fsp3) is 0.226. The SMILES string of the molecule is CO[C@@H]1Cc2c(O)cc3c(c2O[C@@H]1c1cc(O)c(O)c(O)c1)[C@H]1c2c(O)cc(O)cc2O[C@@](c2cc(O)c(O)c(O)c2)(O3)[C@@H]1O. The number of methoxy groups -OCH3 is 1. The van der Waals surface area contributed by atoms with Crippen LogP contribution >= 0.6 is 0 Å². The summed E-state index contributed by atoms with van der Waals surface area (Å²) in [5.74, 6) is -9.30. The van der Waals surface area contributed by atoms with Crippen LogP contribution in [0.5, 0.6) is 69.0 Å². The number of phenols is 9. The Hall–Kier alpha value is -5.60. The third-order valence-corrected chi connectivity index (χ3v) is 8.50. The van der Waals surface area contributed by atoms with Gasteiger partial charge in [0.25, 0.3) is 0 Å². The van der Waals surface area contributed by atoms with Gasteiger partial charge in [-0.05, 0) is 24.3 Å². The Balaban J connectivity index is 1.48. The van der Waals surface area contributed by atoms with E-state index in [0.29, 0.717) is 0 Å². The van der Waals surface area contributed by atoms with Gasteiger partial charge in [-0.15, -0.1) is 0 Å². The lowest BCUT2D eigenvalue weighted by molar-refractivity contribution is -0.219. The van der Waals surface area contributed by atoms with Gasteiger partial charge in [-0.1, -0.05) is 0 Å². The second-order valence-electron chi connectivity index (χ2n) is 11.1. The molecule has 0 aliphatic carbocycles. The minimum absolute atomic E-state index is 0.00438. The van der Waals surface area contributed by atoms with E-state index in [1.807, 2.05) is 0 Å². The van der Waals surface area contributed by atoms with E-state index in [1.54, 1.807) is 0 Å². The normalized spacial score (nSPS) is 24.3. The lowest BCUT2D eigenvalue weighted by Gasteiger charge is -2.50. The highest BCUT2D eigenvalue weighted by Crippen LogP contribution is 2.62. The molecule has 0 aromatic heterocycles. The fourth-order valence-electron chi connectivity index (χ4n) is 6.42. The summed E-state index contributed by atoms with van der Waals surface area (Å²) < 4.78 is 24.4. The first-order valence-corrected chi connectivity index (χ1v) is 13.5. The number of fused-ring (bicyclic) bond motifs is 8. The number of ether oxygens (including phenoxy) is 4. The maximum absolute atomic E-state index is 12.0. The number of hydrogen-bond acceptors (Lipinski definition) is 14. The molecule has 0 saturated carbocycles. The van der Waals surface area contributed by atoms with E-state index >= 15 is 0 Å². The Labute approximate surface area is 253 Å². The van der Waals surface area contributed by atoms with E-state index in [-0.39, 0.29) is 57.2 Å². The summed E-state index contributed by atoms with van der Waals surface area (Å²) in [6, 6.07) is 7.76. The van der Waals surface area contributed by atoms with Crippen molar-refractivity contribution < 1.29 is 70.0 Å². The Kier molecular flexibility index (Phi) is 5.92. The van der Waals surface area contributed by atoms with Gasteiger partial charge in [-0.25, -0.2) is 0 Å². The van der Waals surface area contributed by atoms with Crippen molar-refractivity contribution >= 4 is 0 Å². The van der Waals surface area contributed by atoms with Crippen molar-refractivity contribution in [1.29, 1.82) is 0 Å². The minimum Gasteiger partial charge on any atom is -0.508 e. The molecule has 0 unspecified atom stereocenters. The molecule has 14 heteroatoms. The third kappa shape index (κ3) is 3.89. The van der Waals surface area contributed by atoms with Gasteiger partial charge in [-0.2, -0.15) is 0 Å². The van der Waals surface area contributed by atoms with Crippen LogP contribution in [0.2, 0.25) is 0 Å². The number of aliphatic hydroxyl groups is 1.